The molecule has 0 spiro atoms. The second kappa shape index (κ2) is 4.56. The summed E-state index contributed by atoms with van der Waals surface area (Å²) in [5, 5.41) is 2.69. The molecule has 1 saturated carbocycles. The summed E-state index contributed by atoms with van der Waals surface area (Å²) < 4.78 is 13.9. The largest absolute Gasteiger partial charge is 0.352 e. The van der Waals surface area contributed by atoms with Gasteiger partial charge in [-0.05, 0) is 25.0 Å². The van der Waals surface area contributed by atoms with Gasteiger partial charge < -0.3 is 5.32 Å². The van der Waals surface area contributed by atoms with Crippen molar-refractivity contribution in [2.45, 2.75) is 18.9 Å². The Labute approximate surface area is 118 Å². The minimum Gasteiger partial charge on any atom is -0.352 e. The number of ketones is 1. The van der Waals surface area contributed by atoms with E-state index >= 15 is 0 Å². The van der Waals surface area contributed by atoms with E-state index in [0.717, 1.165) is 23.8 Å². The number of hydrogen-bond donors (Lipinski definition) is 1. The van der Waals surface area contributed by atoms with E-state index in [0.29, 0.717) is 0 Å². The number of carbonyl (C=O) groups excluding carboxylic acids is 3. The number of fused-ring (bicyclic) bond motifs is 1. The van der Waals surface area contributed by atoms with Crippen molar-refractivity contribution in [1.82, 2.24) is 5.32 Å². The van der Waals surface area contributed by atoms with Crippen LogP contribution in [0.25, 0.3) is 0 Å². The molecule has 2 aliphatic rings. The highest BCUT2D eigenvalue weighted by molar-refractivity contribution is 6.55. The predicted molar refractivity (Wildman–Crippen MR) is 69.3 cm³/mol. The van der Waals surface area contributed by atoms with Gasteiger partial charge in [0, 0.05) is 6.04 Å². The maximum Gasteiger partial charge on any atom is 0.300 e. The smallest absolute Gasteiger partial charge is 0.300 e. The van der Waals surface area contributed by atoms with E-state index < -0.39 is 23.4 Å². The summed E-state index contributed by atoms with van der Waals surface area (Å²) in [6.45, 7) is -0.384. The summed E-state index contributed by atoms with van der Waals surface area (Å²) in [5.41, 5.74) is -0.380. The number of carbonyl (C=O) groups is 3. The van der Waals surface area contributed by atoms with Crippen LogP contribution in [0.5, 0.6) is 0 Å². The van der Waals surface area contributed by atoms with E-state index in [1.54, 1.807) is 0 Å². The normalized spacial score (nSPS) is 17.4. The Bertz CT molecular complexity index is 643. The minimum atomic E-state index is -0.932. The van der Waals surface area contributed by atoms with E-state index in [1.807, 2.05) is 0 Å². The zero-order valence-electron chi connectivity index (χ0n) is 10.3. The zero-order chi connectivity index (χ0) is 14.4. The third-order valence-electron chi connectivity index (χ3n) is 3.26. The molecular weight excluding hydrogens is 287 g/mol. The molecule has 20 heavy (non-hydrogen) atoms. The van der Waals surface area contributed by atoms with Crippen molar-refractivity contribution in [3.63, 3.8) is 0 Å². The predicted octanol–water partition coefficient (Wildman–Crippen LogP) is 1.29. The standard InChI is InChI=1S/C13H10ClFN2O3/c14-7-3-4-8(15)11-10(7)12(19)13(20)17(11)5-9(18)16-6-1-2-6/h3-4,6H,1-2,5H2,(H,16,18). The van der Waals surface area contributed by atoms with Gasteiger partial charge in [0.15, 0.2) is 0 Å². The lowest BCUT2D eigenvalue weighted by Crippen LogP contribution is -2.41. The van der Waals surface area contributed by atoms with Crippen molar-refractivity contribution in [3.8, 4) is 0 Å². The maximum absolute atomic E-state index is 13.9. The molecule has 0 atom stereocenters. The fourth-order valence-corrected chi connectivity index (χ4v) is 2.39. The van der Waals surface area contributed by atoms with Crippen LogP contribution < -0.4 is 10.2 Å². The third-order valence-corrected chi connectivity index (χ3v) is 3.57. The van der Waals surface area contributed by atoms with Crippen LogP contribution in [0.4, 0.5) is 10.1 Å². The molecule has 0 saturated heterocycles. The molecule has 0 aromatic heterocycles. The second-order valence-electron chi connectivity index (χ2n) is 4.82. The highest BCUT2D eigenvalue weighted by atomic mass is 35.5. The Morgan fingerprint density at radius 3 is 2.75 bits per heavy atom. The molecule has 1 aliphatic heterocycles. The van der Waals surface area contributed by atoms with Crippen molar-refractivity contribution in [2.75, 3.05) is 11.4 Å². The van der Waals surface area contributed by atoms with Crippen LogP contribution in [0.15, 0.2) is 12.1 Å². The van der Waals surface area contributed by atoms with Crippen LogP contribution >= 0.6 is 11.6 Å². The minimum absolute atomic E-state index is 0.00449. The first-order valence-electron chi connectivity index (χ1n) is 6.12. The number of nitrogens with one attached hydrogen (secondary N) is 1. The lowest BCUT2D eigenvalue weighted by Gasteiger charge is -2.16. The Kier molecular flexibility index (Phi) is 2.97. The van der Waals surface area contributed by atoms with Crippen LogP contribution in [-0.4, -0.2) is 30.2 Å². The number of anilines is 1. The molecule has 3 rings (SSSR count). The van der Waals surface area contributed by atoms with E-state index in [9.17, 15) is 18.8 Å². The topological polar surface area (TPSA) is 66.5 Å². The van der Waals surface area contributed by atoms with Gasteiger partial charge in [-0.1, -0.05) is 11.6 Å². The molecule has 0 radical (unpaired) electrons. The molecular formula is C13H10ClFN2O3. The van der Waals surface area contributed by atoms with E-state index in [-0.39, 0.29) is 28.9 Å². The van der Waals surface area contributed by atoms with Crippen LogP contribution in [0.1, 0.15) is 23.2 Å². The van der Waals surface area contributed by atoms with Crippen LogP contribution in [0.3, 0.4) is 0 Å². The van der Waals surface area contributed by atoms with E-state index in [1.165, 1.54) is 6.07 Å². The van der Waals surface area contributed by atoms with Gasteiger partial charge in [0.1, 0.15) is 12.4 Å². The van der Waals surface area contributed by atoms with Crippen LogP contribution in [0, 0.1) is 5.82 Å². The lowest BCUT2D eigenvalue weighted by molar-refractivity contribution is -0.122. The molecule has 1 aromatic carbocycles. The van der Waals surface area contributed by atoms with Gasteiger partial charge >= 0.3 is 0 Å². The third kappa shape index (κ3) is 2.06. The summed E-state index contributed by atoms with van der Waals surface area (Å²) in [7, 11) is 0. The fourth-order valence-electron chi connectivity index (χ4n) is 2.15. The number of rotatable bonds is 3. The summed E-state index contributed by atoms with van der Waals surface area (Å²) in [4.78, 5) is 36.3. The molecule has 0 bridgehead atoms. The molecule has 5 nitrogen and oxygen atoms in total. The van der Waals surface area contributed by atoms with Gasteiger partial charge in [-0.3, -0.25) is 19.3 Å². The molecule has 1 N–H and O–H groups in total. The number of benzene rings is 1. The van der Waals surface area contributed by atoms with E-state index in [4.69, 9.17) is 11.6 Å². The van der Waals surface area contributed by atoms with Gasteiger partial charge in [0.05, 0.1) is 16.3 Å². The van der Waals surface area contributed by atoms with Crippen molar-refractivity contribution in [2.24, 2.45) is 0 Å². The summed E-state index contributed by atoms with van der Waals surface area (Å²) in [5.74, 6) is -2.98. The average Bonchev–Trinajstić information content (AvgIpc) is 3.17. The number of halogens is 2. The highest BCUT2D eigenvalue weighted by Crippen LogP contribution is 2.36. The second-order valence-corrected chi connectivity index (χ2v) is 5.22. The Hall–Kier alpha value is -1.95. The van der Waals surface area contributed by atoms with E-state index in [2.05, 4.69) is 5.32 Å². The number of hydrogen-bond acceptors (Lipinski definition) is 3. The first kappa shape index (κ1) is 13.1. The molecule has 1 aliphatic carbocycles. The van der Waals surface area contributed by atoms with Crippen molar-refractivity contribution in [3.05, 3.63) is 28.5 Å². The Morgan fingerprint density at radius 1 is 1.40 bits per heavy atom. The van der Waals surface area contributed by atoms with Gasteiger partial charge in [0.25, 0.3) is 11.7 Å². The van der Waals surface area contributed by atoms with Crippen molar-refractivity contribution < 1.29 is 18.8 Å². The number of nitrogens with zero attached hydrogens (tertiary/aromatic N) is 1. The Balaban J connectivity index is 1.93. The lowest BCUT2D eigenvalue weighted by atomic mass is 10.1. The van der Waals surface area contributed by atoms with Crippen LogP contribution in [0.2, 0.25) is 5.02 Å². The highest BCUT2D eigenvalue weighted by Gasteiger charge is 2.41. The van der Waals surface area contributed by atoms with Crippen LogP contribution in [-0.2, 0) is 9.59 Å². The molecule has 0 unspecified atom stereocenters. The van der Waals surface area contributed by atoms with Crippen molar-refractivity contribution in [1.29, 1.82) is 0 Å². The maximum atomic E-state index is 13.9. The zero-order valence-corrected chi connectivity index (χ0v) is 11.0. The monoisotopic (exact) mass is 296 g/mol. The molecule has 7 heteroatoms. The summed E-state index contributed by atoms with van der Waals surface area (Å²) >= 11 is 5.83. The number of Topliss-reactive ketones (excluding diaryl/α,β-unsaturated/α-hetero) is 1. The molecule has 104 valence electrons. The first-order valence-corrected chi connectivity index (χ1v) is 6.50. The fraction of sp³-hybridized carbons (Fsp3) is 0.308. The molecule has 1 fully saturated rings. The molecule has 2 amide bonds. The average molecular weight is 297 g/mol. The molecule has 1 aromatic rings. The van der Waals surface area contributed by atoms with Gasteiger partial charge in [0.2, 0.25) is 5.91 Å². The van der Waals surface area contributed by atoms with Gasteiger partial charge in [-0.2, -0.15) is 0 Å². The van der Waals surface area contributed by atoms with Gasteiger partial charge in [-0.15, -0.1) is 0 Å². The summed E-state index contributed by atoms with van der Waals surface area (Å²) in [6, 6.07) is 2.41. The first-order chi connectivity index (χ1) is 9.49. The SMILES string of the molecule is O=C(CN1C(=O)C(=O)c2c(Cl)ccc(F)c21)NC1CC1. The van der Waals surface area contributed by atoms with Crippen molar-refractivity contribution >= 4 is 34.9 Å². The van der Waals surface area contributed by atoms with Gasteiger partial charge in [-0.25, -0.2) is 4.39 Å². The quantitative estimate of drug-likeness (QED) is 0.855. The molecule has 1 heterocycles. The summed E-state index contributed by atoms with van der Waals surface area (Å²) in [6.07, 6.45) is 1.80. The number of amides is 2. The Morgan fingerprint density at radius 2 is 2.10 bits per heavy atom.